The van der Waals surface area contributed by atoms with Crippen molar-refractivity contribution >= 4 is 21.6 Å². The van der Waals surface area contributed by atoms with Crippen molar-refractivity contribution in [1.29, 1.82) is 0 Å². The number of amides is 1. The van der Waals surface area contributed by atoms with E-state index in [1.807, 2.05) is 31.2 Å². The Labute approximate surface area is 158 Å². The summed E-state index contributed by atoms with van der Waals surface area (Å²) in [4.78, 5) is 12.3. The van der Waals surface area contributed by atoms with Gasteiger partial charge in [-0.15, -0.1) is 0 Å². The first-order valence-corrected chi connectivity index (χ1v) is 10.4. The number of sulfonamides is 1. The van der Waals surface area contributed by atoms with Crippen molar-refractivity contribution in [2.75, 3.05) is 24.9 Å². The summed E-state index contributed by atoms with van der Waals surface area (Å²) in [6, 6.07) is 12.7. The molecule has 1 aliphatic heterocycles. The van der Waals surface area contributed by atoms with E-state index in [2.05, 4.69) is 5.32 Å². The molecule has 0 spiro atoms. The number of nitrogens with zero attached hydrogens (tertiary/aromatic N) is 1. The second-order valence-electron chi connectivity index (χ2n) is 6.39. The topological polar surface area (TPSA) is 84.9 Å². The molecule has 0 saturated carbocycles. The minimum absolute atomic E-state index is 0.0490. The Bertz CT molecular complexity index is 943. The number of hydrogen-bond donors (Lipinski definition) is 1. The third-order valence-corrected chi connectivity index (χ3v) is 5.57. The highest BCUT2D eigenvalue weighted by molar-refractivity contribution is 7.88. The van der Waals surface area contributed by atoms with Crippen molar-refractivity contribution in [3.63, 3.8) is 0 Å². The summed E-state index contributed by atoms with van der Waals surface area (Å²) in [5, 5.41) is 2.76. The normalized spacial score (nSPS) is 13.0. The molecule has 144 valence electrons. The summed E-state index contributed by atoms with van der Waals surface area (Å²) in [6.07, 6.45) is 1.20. The van der Waals surface area contributed by atoms with E-state index in [0.29, 0.717) is 17.2 Å². The first kappa shape index (κ1) is 19.2. The molecule has 2 aromatic rings. The van der Waals surface area contributed by atoms with Crippen molar-refractivity contribution in [2.45, 2.75) is 19.9 Å². The van der Waals surface area contributed by atoms with Gasteiger partial charge in [-0.05, 0) is 30.2 Å². The number of carbonyl (C=O) groups is 1. The van der Waals surface area contributed by atoms with E-state index in [4.69, 9.17) is 9.47 Å². The highest BCUT2D eigenvalue weighted by atomic mass is 32.2. The fourth-order valence-corrected chi connectivity index (χ4v) is 3.56. The minimum Gasteiger partial charge on any atom is -0.454 e. The van der Waals surface area contributed by atoms with Crippen molar-refractivity contribution < 1.29 is 22.7 Å². The van der Waals surface area contributed by atoms with Crippen LogP contribution in [0.15, 0.2) is 42.5 Å². The Balaban J connectivity index is 1.61. The molecule has 1 N–H and O–H groups in total. The molecule has 27 heavy (non-hydrogen) atoms. The minimum atomic E-state index is -3.44. The molecule has 0 aliphatic carbocycles. The molecule has 0 aromatic heterocycles. The molecule has 1 amide bonds. The molecule has 0 unspecified atom stereocenters. The Kier molecular flexibility index (Phi) is 5.67. The molecule has 0 fully saturated rings. The molecule has 3 rings (SSSR count). The summed E-state index contributed by atoms with van der Waals surface area (Å²) >= 11 is 0. The Hall–Kier alpha value is -2.58. The summed E-state index contributed by atoms with van der Waals surface area (Å²) < 4.78 is 36.0. The molecular formula is C19H22N2O5S. The predicted molar refractivity (Wildman–Crippen MR) is 102 cm³/mol. The quantitative estimate of drug-likeness (QED) is 0.785. The van der Waals surface area contributed by atoms with Gasteiger partial charge in [0.15, 0.2) is 11.5 Å². The maximum absolute atomic E-state index is 12.3. The van der Waals surface area contributed by atoms with Crippen molar-refractivity contribution in [3.8, 4) is 11.5 Å². The van der Waals surface area contributed by atoms with Crippen LogP contribution in [0.1, 0.15) is 17.5 Å². The lowest BCUT2D eigenvalue weighted by atomic mass is 10.1. The summed E-state index contributed by atoms with van der Waals surface area (Å²) in [7, 11) is -3.44. The number of rotatable bonds is 7. The smallest absolute Gasteiger partial charge is 0.231 e. The first-order chi connectivity index (χ1) is 12.8. The van der Waals surface area contributed by atoms with Gasteiger partial charge in [-0.25, -0.2) is 8.42 Å². The zero-order valence-electron chi connectivity index (χ0n) is 15.3. The van der Waals surface area contributed by atoms with Crippen LogP contribution in [-0.4, -0.2) is 38.2 Å². The predicted octanol–water partition coefficient (Wildman–Crippen LogP) is 2.51. The van der Waals surface area contributed by atoms with Gasteiger partial charge in [0, 0.05) is 31.3 Å². The van der Waals surface area contributed by atoms with E-state index in [1.54, 1.807) is 18.2 Å². The van der Waals surface area contributed by atoms with Gasteiger partial charge < -0.3 is 14.8 Å². The Morgan fingerprint density at radius 3 is 2.63 bits per heavy atom. The molecule has 0 radical (unpaired) electrons. The third-order valence-electron chi connectivity index (χ3n) is 4.32. The van der Waals surface area contributed by atoms with Crippen LogP contribution < -0.4 is 14.8 Å². The number of fused-ring (bicyclic) bond motifs is 1. The summed E-state index contributed by atoms with van der Waals surface area (Å²) in [6.45, 7) is 2.43. The molecule has 8 heteroatoms. The molecular weight excluding hydrogens is 368 g/mol. The molecule has 0 bridgehead atoms. The number of carbonyl (C=O) groups excluding carboxylic acids is 1. The molecule has 7 nitrogen and oxygen atoms in total. The lowest BCUT2D eigenvalue weighted by Crippen LogP contribution is -2.32. The first-order valence-electron chi connectivity index (χ1n) is 8.52. The van der Waals surface area contributed by atoms with Gasteiger partial charge in [0.2, 0.25) is 22.7 Å². The number of nitrogens with one attached hydrogen (secondary N) is 1. The lowest BCUT2D eigenvalue weighted by molar-refractivity contribution is -0.116. The maximum Gasteiger partial charge on any atom is 0.231 e. The van der Waals surface area contributed by atoms with Gasteiger partial charge in [0.1, 0.15) is 0 Å². The van der Waals surface area contributed by atoms with Gasteiger partial charge in [-0.1, -0.05) is 24.3 Å². The average molecular weight is 390 g/mol. The zero-order valence-corrected chi connectivity index (χ0v) is 16.1. The van der Waals surface area contributed by atoms with Crippen LogP contribution in [0.25, 0.3) is 0 Å². The van der Waals surface area contributed by atoms with Crippen LogP contribution in [0.4, 0.5) is 5.69 Å². The standard InChI is InChI=1S/C19H22N2O5S/c1-14-5-3-4-6-15(14)12-21(27(2,23)24)10-9-19(22)20-16-7-8-17-18(11-16)26-13-25-17/h3-8,11H,9-10,12-13H2,1-2H3,(H,20,22). The molecule has 0 atom stereocenters. The van der Waals surface area contributed by atoms with Gasteiger partial charge in [-0.3, -0.25) is 4.79 Å². The second kappa shape index (κ2) is 7.98. The number of hydrogen-bond acceptors (Lipinski definition) is 5. The van der Waals surface area contributed by atoms with Crippen LogP contribution in [0.3, 0.4) is 0 Å². The second-order valence-corrected chi connectivity index (χ2v) is 8.37. The van der Waals surface area contributed by atoms with E-state index in [0.717, 1.165) is 17.4 Å². The van der Waals surface area contributed by atoms with E-state index < -0.39 is 10.0 Å². The van der Waals surface area contributed by atoms with Crippen LogP contribution >= 0.6 is 0 Å². The fourth-order valence-electron chi connectivity index (χ4n) is 2.76. The number of anilines is 1. The summed E-state index contributed by atoms with van der Waals surface area (Å²) in [5.41, 5.74) is 2.50. The Morgan fingerprint density at radius 1 is 1.15 bits per heavy atom. The molecule has 0 saturated heterocycles. The van der Waals surface area contributed by atoms with Crippen LogP contribution in [0.2, 0.25) is 0 Å². The average Bonchev–Trinajstić information content (AvgIpc) is 3.06. The molecule has 2 aromatic carbocycles. The monoisotopic (exact) mass is 390 g/mol. The largest absolute Gasteiger partial charge is 0.454 e. The van der Waals surface area contributed by atoms with E-state index in [-0.39, 0.29) is 32.2 Å². The highest BCUT2D eigenvalue weighted by Crippen LogP contribution is 2.34. The highest BCUT2D eigenvalue weighted by Gasteiger charge is 2.20. The van der Waals surface area contributed by atoms with Gasteiger partial charge in [-0.2, -0.15) is 4.31 Å². The number of ether oxygens (including phenoxy) is 2. The number of benzene rings is 2. The maximum atomic E-state index is 12.3. The van der Waals surface area contributed by atoms with Crippen LogP contribution in [-0.2, 0) is 21.4 Å². The van der Waals surface area contributed by atoms with Crippen LogP contribution in [0.5, 0.6) is 11.5 Å². The van der Waals surface area contributed by atoms with E-state index in [9.17, 15) is 13.2 Å². The number of aryl methyl sites for hydroxylation is 1. The van der Waals surface area contributed by atoms with Crippen molar-refractivity contribution in [1.82, 2.24) is 4.31 Å². The fraction of sp³-hybridized carbons (Fsp3) is 0.316. The van der Waals surface area contributed by atoms with Crippen LogP contribution in [0, 0.1) is 6.92 Å². The van der Waals surface area contributed by atoms with Gasteiger partial charge in [0.05, 0.1) is 6.26 Å². The Morgan fingerprint density at radius 2 is 1.89 bits per heavy atom. The lowest BCUT2D eigenvalue weighted by Gasteiger charge is -2.20. The molecule has 1 heterocycles. The van der Waals surface area contributed by atoms with E-state index in [1.165, 1.54) is 4.31 Å². The van der Waals surface area contributed by atoms with Crippen molar-refractivity contribution in [3.05, 3.63) is 53.6 Å². The van der Waals surface area contributed by atoms with E-state index >= 15 is 0 Å². The third kappa shape index (κ3) is 4.99. The van der Waals surface area contributed by atoms with Gasteiger partial charge in [0.25, 0.3) is 0 Å². The van der Waals surface area contributed by atoms with Gasteiger partial charge >= 0.3 is 0 Å². The zero-order chi connectivity index (χ0) is 19.4. The molecule has 1 aliphatic rings. The summed E-state index contributed by atoms with van der Waals surface area (Å²) in [5.74, 6) is 0.937. The van der Waals surface area contributed by atoms with Crippen molar-refractivity contribution in [2.24, 2.45) is 0 Å². The SMILES string of the molecule is Cc1ccccc1CN(CCC(=O)Nc1ccc2c(c1)OCO2)S(C)(=O)=O.